The van der Waals surface area contributed by atoms with Gasteiger partial charge in [0.05, 0.1) is 6.61 Å². The minimum absolute atomic E-state index is 0.184. The van der Waals surface area contributed by atoms with E-state index in [1.165, 1.54) is 19.8 Å². The van der Waals surface area contributed by atoms with E-state index in [-0.39, 0.29) is 5.97 Å². The van der Waals surface area contributed by atoms with Crippen molar-refractivity contribution in [3.05, 3.63) is 0 Å². The molecule has 84 valence electrons. The molecule has 0 N–H and O–H groups in total. The topological polar surface area (TPSA) is 26.3 Å². The summed E-state index contributed by atoms with van der Waals surface area (Å²) in [7, 11) is 0. The van der Waals surface area contributed by atoms with E-state index in [2.05, 4.69) is 6.92 Å². The molecule has 1 atom stereocenters. The van der Waals surface area contributed by atoms with Gasteiger partial charge in [0.25, 0.3) is 0 Å². The van der Waals surface area contributed by atoms with Crippen molar-refractivity contribution in [2.75, 3.05) is 6.61 Å². The normalized spacial score (nSPS) is 12.5. The van der Waals surface area contributed by atoms with Crippen LogP contribution in [0.3, 0.4) is 0 Å². The predicted molar refractivity (Wildman–Crippen MR) is 59.7 cm³/mol. The van der Waals surface area contributed by atoms with Gasteiger partial charge in [0.2, 0.25) is 0 Å². The van der Waals surface area contributed by atoms with E-state index >= 15 is 0 Å². The third kappa shape index (κ3) is 9.85. The lowest BCUT2D eigenvalue weighted by Gasteiger charge is -2.05. The monoisotopic (exact) mass is 220 g/mol. The first kappa shape index (κ1) is 13.8. The summed E-state index contributed by atoms with van der Waals surface area (Å²) < 4.78 is 4.83. The van der Waals surface area contributed by atoms with Crippen LogP contribution in [0.15, 0.2) is 0 Å². The van der Waals surface area contributed by atoms with Crippen LogP contribution in [0.1, 0.15) is 52.4 Å². The van der Waals surface area contributed by atoms with Gasteiger partial charge in [-0.05, 0) is 19.3 Å². The van der Waals surface area contributed by atoms with Crippen molar-refractivity contribution in [1.82, 2.24) is 0 Å². The summed E-state index contributed by atoms with van der Waals surface area (Å²) in [5, 5.41) is 0.337. The van der Waals surface area contributed by atoms with E-state index in [1.54, 1.807) is 0 Å². The molecule has 3 heteroatoms. The van der Waals surface area contributed by atoms with E-state index in [9.17, 15) is 4.79 Å². The SMILES string of the molecule is CCC(Cl)CCCCCCOC(C)=O. The van der Waals surface area contributed by atoms with Crippen LogP contribution in [-0.2, 0) is 9.53 Å². The summed E-state index contributed by atoms with van der Waals surface area (Å²) in [6, 6.07) is 0. The summed E-state index contributed by atoms with van der Waals surface area (Å²) >= 11 is 5.98. The summed E-state index contributed by atoms with van der Waals surface area (Å²) in [6.07, 6.45) is 6.62. The van der Waals surface area contributed by atoms with Crippen molar-refractivity contribution >= 4 is 17.6 Å². The number of rotatable bonds is 8. The first-order valence-corrected chi connectivity index (χ1v) is 5.88. The van der Waals surface area contributed by atoms with Gasteiger partial charge >= 0.3 is 5.97 Å². The molecule has 0 aliphatic carbocycles. The van der Waals surface area contributed by atoms with Crippen LogP contribution in [0, 0.1) is 0 Å². The second kappa shape index (κ2) is 9.32. The molecule has 0 aromatic heterocycles. The van der Waals surface area contributed by atoms with Crippen molar-refractivity contribution in [1.29, 1.82) is 0 Å². The van der Waals surface area contributed by atoms with Crippen molar-refractivity contribution in [3.8, 4) is 0 Å². The average molecular weight is 221 g/mol. The molecule has 0 spiro atoms. The van der Waals surface area contributed by atoms with Gasteiger partial charge in [-0.25, -0.2) is 0 Å². The summed E-state index contributed by atoms with van der Waals surface area (Å²) in [6.45, 7) is 4.12. The first-order valence-electron chi connectivity index (χ1n) is 5.44. The highest BCUT2D eigenvalue weighted by Crippen LogP contribution is 2.12. The summed E-state index contributed by atoms with van der Waals surface area (Å²) in [5.74, 6) is -0.184. The van der Waals surface area contributed by atoms with Crippen molar-refractivity contribution in [2.45, 2.75) is 57.7 Å². The second-order valence-electron chi connectivity index (χ2n) is 3.55. The largest absolute Gasteiger partial charge is 0.466 e. The number of esters is 1. The quantitative estimate of drug-likeness (QED) is 0.356. The van der Waals surface area contributed by atoms with E-state index < -0.39 is 0 Å². The van der Waals surface area contributed by atoms with Crippen molar-refractivity contribution < 1.29 is 9.53 Å². The highest BCUT2D eigenvalue weighted by Gasteiger charge is 2.00. The predicted octanol–water partition coefficient (Wildman–Crippen LogP) is 3.52. The zero-order valence-corrected chi connectivity index (χ0v) is 9.98. The minimum Gasteiger partial charge on any atom is -0.466 e. The molecule has 0 aliphatic rings. The lowest BCUT2D eigenvalue weighted by Crippen LogP contribution is -2.00. The fraction of sp³-hybridized carbons (Fsp3) is 0.909. The molecule has 0 aromatic carbocycles. The zero-order valence-electron chi connectivity index (χ0n) is 9.22. The maximum atomic E-state index is 10.4. The van der Waals surface area contributed by atoms with Crippen molar-refractivity contribution in [2.24, 2.45) is 0 Å². The molecule has 0 heterocycles. The Morgan fingerprint density at radius 2 is 1.93 bits per heavy atom. The van der Waals surface area contributed by atoms with Gasteiger partial charge in [-0.15, -0.1) is 11.6 Å². The highest BCUT2D eigenvalue weighted by atomic mass is 35.5. The van der Waals surface area contributed by atoms with Gasteiger partial charge in [0, 0.05) is 12.3 Å². The van der Waals surface area contributed by atoms with Gasteiger partial charge in [0.15, 0.2) is 0 Å². The Bertz CT molecular complexity index is 148. The van der Waals surface area contributed by atoms with Crippen LogP contribution in [0.5, 0.6) is 0 Å². The lowest BCUT2D eigenvalue weighted by molar-refractivity contribution is -0.141. The number of hydrogen-bond acceptors (Lipinski definition) is 2. The molecule has 0 bridgehead atoms. The Balaban J connectivity index is 3.02. The molecular formula is C11H21ClO2. The molecule has 0 amide bonds. The third-order valence-corrected chi connectivity index (χ3v) is 2.69. The number of carbonyl (C=O) groups is 1. The fourth-order valence-corrected chi connectivity index (χ4v) is 1.40. The first-order chi connectivity index (χ1) is 6.66. The van der Waals surface area contributed by atoms with Crippen LogP contribution in [0.4, 0.5) is 0 Å². The number of ether oxygens (including phenoxy) is 1. The molecule has 0 radical (unpaired) electrons. The average Bonchev–Trinajstić information content (AvgIpc) is 2.15. The molecule has 0 rings (SSSR count). The molecule has 0 aromatic rings. The molecule has 0 saturated heterocycles. The Labute approximate surface area is 92.0 Å². The smallest absolute Gasteiger partial charge is 0.302 e. The van der Waals surface area contributed by atoms with E-state index in [0.717, 1.165) is 25.7 Å². The molecule has 0 saturated carbocycles. The van der Waals surface area contributed by atoms with E-state index in [0.29, 0.717) is 12.0 Å². The number of hydrogen-bond donors (Lipinski definition) is 0. The van der Waals surface area contributed by atoms with Gasteiger partial charge in [-0.3, -0.25) is 4.79 Å². The Hall–Kier alpha value is -0.240. The van der Waals surface area contributed by atoms with E-state index in [4.69, 9.17) is 16.3 Å². The Morgan fingerprint density at radius 3 is 2.50 bits per heavy atom. The highest BCUT2D eigenvalue weighted by molar-refractivity contribution is 6.20. The molecule has 0 fully saturated rings. The second-order valence-corrected chi connectivity index (χ2v) is 4.17. The number of unbranched alkanes of at least 4 members (excludes halogenated alkanes) is 3. The number of alkyl halides is 1. The maximum Gasteiger partial charge on any atom is 0.302 e. The van der Waals surface area contributed by atoms with Gasteiger partial charge in [-0.2, -0.15) is 0 Å². The molecule has 0 aliphatic heterocycles. The van der Waals surface area contributed by atoms with Crippen molar-refractivity contribution in [3.63, 3.8) is 0 Å². The third-order valence-electron chi connectivity index (χ3n) is 2.16. The maximum absolute atomic E-state index is 10.4. The lowest BCUT2D eigenvalue weighted by atomic mass is 10.1. The zero-order chi connectivity index (χ0) is 10.8. The molecular weight excluding hydrogens is 200 g/mol. The summed E-state index contributed by atoms with van der Waals surface area (Å²) in [4.78, 5) is 10.4. The Kier molecular flexibility index (Phi) is 9.16. The number of carbonyl (C=O) groups excluding carboxylic acids is 1. The number of halogens is 1. The van der Waals surface area contributed by atoms with Crippen LogP contribution in [0.2, 0.25) is 0 Å². The standard InChI is InChI=1S/C11H21ClO2/c1-3-11(12)8-6-4-5-7-9-14-10(2)13/h11H,3-9H2,1-2H3. The van der Waals surface area contributed by atoms with Crippen LogP contribution >= 0.6 is 11.6 Å². The molecule has 1 unspecified atom stereocenters. The Morgan fingerprint density at radius 1 is 1.29 bits per heavy atom. The molecule has 2 nitrogen and oxygen atoms in total. The van der Waals surface area contributed by atoms with Crippen LogP contribution < -0.4 is 0 Å². The molecule has 14 heavy (non-hydrogen) atoms. The van der Waals surface area contributed by atoms with Gasteiger partial charge in [0.1, 0.15) is 0 Å². The van der Waals surface area contributed by atoms with Crippen LogP contribution in [0.25, 0.3) is 0 Å². The van der Waals surface area contributed by atoms with Crippen LogP contribution in [-0.4, -0.2) is 18.0 Å². The fourth-order valence-electron chi connectivity index (χ4n) is 1.24. The summed E-state index contributed by atoms with van der Waals surface area (Å²) in [5.41, 5.74) is 0. The van der Waals surface area contributed by atoms with E-state index in [1.807, 2.05) is 0 Å². The van der Waals surface area contributed by atoms with Gasteiger partial charge < -0.3 is 4.74 Å². The minimum atomic E-state index is -0.184. The van der Waals surface area contributed by atoms with Gasteiger partial charge in [-0.1, -0.05) is 26.2 Å².